The van der Waals surface area contributed by atoms with E-state index < -0.39 is 5.54 Å². The molecule has 8 heteroatoms. The molecule has 3 N–H and O–H groups in total. The normalized spacial score (nSPS) is 21.9. The maximum atomic E-state index is 12.6. The largest absolute Gasteiger partial charge is 0.381 e. The van der Waals surface area contributed by atoms with Gasteiger partial charge in [0.15, 0.2) is 0 Å². The molecule has 0 bridgehead atoms. The zero-order chi connectivity index (χ0) is 17.0. The highest BCUT2D eigenvalue weighted by atomic mass is 35.5. The van der Waals surface area contributed by atoms with Crippen molar-refractivity contribution in [2.45, 2.75) is 44.2 Å². The molecule has 150 valence electrons. The average molecular weight is 424 g/mol. The van der Waals surface area contributed by atoms with Gasteiger partial charge in [-0.3, -0.25) is 9.69 Å². The third kappa shape index (κ3) is 5.81. The molecule has 2 aliphatic rings. The Balaban J connectivity index is 0.00000169. The van der Waals surface area contributed by atoms with E-state index in [0.717, 1.165) is 19.0 Å². The van der Waals surface area contributed by atoms with Crippen LogP contribution in [0.25, 0.3) is 0 Å². The minimum atomic E-state index is -0.769. The van der Waals surface area contributed by atoms with E-state index >= 15 is 0 Å². The van der Waals surface area contributed by atoms with E-state index in [2.05, 4.69) is 34.7 Å². The monoisotopic (exact) mass is 423 g/mol. The van der Waals surface area contributed by atoms with Crippen molar-refractivity contribution in [2.75, 3.05) is 32.8 Å². The molecule has 2 saturated heterocycles. The Morgan fingerprint density at radius 1 is 1.38 bits per heavy atom. The third-order valence-electron chi connectivity index (χ3n) is 5.42. The van der Waals surface area contributed by atoms with Gasteiger partial charge in [-0.15, -0.1) is 36.2 Å². The molecule has 1 aromatic heterocycles. The van der Waals surface area contributed by atoms with E-state index in [4.69, 9.17) is 10.5 Å². The lowest BCUT2D eigenvalue weighted by Crippen LogP contribution is -2.57. The second-order valence-corrected chi connectivity index (χ2v) is 8.21. The van der Waals surface area contributed by atoms with Gasteiger partial charge in [0.2, 0.25) is 5.91 Å². The first-order valence-corrected chi connectivity index (χ1v) is 9.89. The number of nitrogens with zero attached hydrogens (tertiary/aromatic N) is 1. The van der Waals surface area contributed by atoms with Crippen LogP contribution in [0.4, 0.5) is 0 Å². The van der Waals surface area contributed by atoms with Crippen LogP contribution in [0.1, 0.15) is 43.5 Å². The van der Waals surface area contributed by atoms with Crippen LogP contribution in [0.5, 0.6) is 0 Å². The summed E-state index contributed by atoms with van der Waals surface area (Å²) in [6.45, 7) is 6.29. The fourth-order valence-electron chi connectivity index (χ4n) is 3.56. The van der Waals surface area contributed by atoms with Crippen molar-refractivity contribution in [3.63, 3.8) is 0 Å². The predicted octanol–water partition coefficient (Wildman–Crippen LogP) is 2.99. The summed E-state index contributed by atoms with van der Waals surface area (Å²) in [6, 6.07) is 4.51. The summed E-state index contributed by atoms with van der Waals surface area (Å²) in [6.07, 6.45) is 3.66. The van der Waals surface area contributed by atoms with Crippen LogP contribution in [0, 0.1) is 5.92 Å². The van der Waals surface area contributed by atoms with Crippen molar-refractivity contribution in [3.05, 3.63) is 22.4 Å². The quantitative estimate of drug-likeness (QED) is 0.763. The number of thiophene rings is 1. The van der Waals surface area contributed by atoms with Crippen LogP contribution in [0.2, 0.25) is 0 Å². The number of ether oxygens (including phenoxy) is 1. The van der Waals surface area contributed by atoms with E-state index in [1.807, 2.05) is 0 Å². The summed E-state index contributed by atoms with van der Waals surface area (Å²) in [5.74, 6) is 0.770. The fraction of sp³-hybridized carbons (Fsp3) is 0.722. The molecule has 3 heterocycles. The van der Waals surface area contributed by atoms with E-state index in [-0.39, 0.29) is 36.8 Å². The van der Waals surface area contributed by atoms with Gasteiger partial charge in [0, 0.05) is 24.6 Å². The van der Waals surface area contributed by atoms with Crippen LogP contribution in [0.3, 0.4) is 0 Å². The Labute approximate surface area is 172 Å². The molecule has 0 spiro atoms. The third-order valence-corrected chi connectivity index (χ3v) is 6.40. The summed E-state index contributed by atoms with van der Waals surface area (Å²) >= 11 is 1.77. The van der Waals surface area contributed by atoms with Gasteiger partial charge in [0.1, 0.15) is 0 Å². The van der Waals surface area contributed by atoms with Crippen LogP contribution in [-0.2, 0) is 9.53 Å². The standard InChI is InChI=1S/C18H29N3O2S.2ClH/c1-14-4-8-21(9-5-14)15(16-3-2-12-24-16)13-20-17(22)18(19)6-10-23-11-7-18;;/h2-3,12,14-15H,4-11,13,19H2,1H3,(H,20,22);2*1H. The Kier molecular flexibility index (Phi) is 9.86. The van der Waals surface area contributed by atoms with Crippen LogP contribution in [-0.4, -0.2) is 49.2 Å². The number of carbonyl (C=O) groups is 1. The number of carbonyl (C=O) groups excluding carboxylic acids is 1. The number of amides is 1. The second-order valence-electron chi connectivity index (χ2n) is 7.23. The van der Waals surface area contributed by atoms with E-state index in [1.165, 1.54) is 17.7 Å². The molecule has 1 unspecified atom stereocenters. The highest BCUT2D eigenvalue weighted by Gasteiger charge is 2.36. The van der Waals surface area contributed by atoms with Crippen molar-refractivity contribution in [1.29, 1.82) is 0 Å². The predicted molar refractivity (Wildman–Crippen MR) is 112 cm³/mol. The number of likely N-dealkylation sites (tertiary alicyclic amines) is 1. The Hall–Kier alpha value is -0.370. The smallest absolute Gasteiger partial charge is 0.240 e. The summed E-state index contributed by atoms with van der Waals surface area (Å²) < 4.78 is 5.34. The van der Waals surface area contributed by atoms with Crippen LogP contribution >= 0.6 is 36.2 Å². The van der Waals surface area contributed by atoms with Crippen molar-refractivity contribution in [2.24, 2.45) is 11.7 Å². The number of nitrogens with two attached hydrogens (primary N) is 1. The van der Waals surface area contributed by atoms with E-state index in [0.29, 0.717) is 32.6 Å². The van der Waals surface area contributed by atoms with Gasteiger partial charge in [-0.05, 0) is 56.1 Å². The van der Waals surface area contributed by atoms with Crippen molar-refractivity contribution >= 4 is 42.1 Å². The molecule has 0 radical (unpaired) electrons. The molecule has 1 aromatic rings. The number of piperidine rings is 1. The zero-order valence-corrected chi connectivity index (χ0v) is 17.8. The first-order valence-electron chi connectivity index (χ1n) is 9.01. The zero-order valence-electron chi connectivity index (χ0n) is 15.3. The minimum absolute atomic E-state index is 0. The Bertz CT molecular complexity index is 531. The highest BCUT2D eigenvalue weighted by molar-refractivity contribution is 7.10. The first kappa shape index (κ1) is 23.7. The number of halogens is 2. The SMILES string of the molecule is CC1CCN(C(CNC(=O)C2(N)CCOCC2)c2cccs2)CC1.Cl.Cl. The highest BCUT2D eigenvalue weighted by Crippen LogP contribution is 2.29. The first-order chi connectivity index (χ1) is 11.6. The maximum absolute atomic E-state index is 12.6. The maximum Gasteiger partial charge on any atom is 0.240 e. The van der Waals surface area contributed by atoms with Crippen LogP contribution in [0.15, 0.2) is 17.5 Å². The average Bonchev–Trinajstić information content (AvgIpc) is 3.11. The molecule has 1 amide bonds. The molecule has 0 aromatic carbocycles. The summed E-state index contributed by atoms with van der Waals surface area (Å²) in [5.41, 5.74) is 5.53. The van der Waals surface area contributed by atoms with Crippen LogP contribution < -0.4 is 11.1 Å². The Morgan fingerprint density at radius 2 is 2.04 bits per heavy atom. The molecule has 1 atom stereocenters. The van der Waals surface area contributed by atoms with Gasteiger partial charge in [0.25, 0.3) is 0 Å². The van der Waals surface area contributed by atoms with Gasteiger partial charge in [-0.1, -0.05) is 13.0 Å². The van der Waals surface area contributed by atoms with Gasteiger partial charge in [-0.2, -0.15) is 0 Å². The van der Waals surface area contributed by atoms with Gasteiger partial charge >= 0.3 is 0 Å². The Morgan fingerprint density at radius 3 is 2.62 bits per heavy atom. The molecule has 26 heavy (non-hydrogen) atoms. The summed E-state index contributed by atoms with van der Waals surface area (Å²) in [5, 5.41) is 5.25. The number of hydrogen-bond donors (Lipinski definition) is 2. The topological polar surface area (TPSA) is 67.6 Å². The number of rotatable bonds is 5. The van der Waals surface area contributed by atoms with E-state index in [1.54, 1.807) is 11.3 Å². The number of nitrogens with one attached hydrogen (secondary N) is 1. The second kappa shape index (κ2) is 10.8. The molecule has 5 nitrogen and oxygen atoms in total. The van der Waals surface area contributed by atoms with Crippen molar-refractivity contribution in [3.8, 4) is 0 Å². The molecular weight excluding hydrogens is 393 g/mol. The lowest BCUT2D eigenvalue weighted by atomic mass is 9.90. The van der Waals surface area contributed by atoms with Gasteiger partial charge in [0.05, 0.1) is 11.6 Å². The molecular formula is C18H31Cl2N3O2S. The van der Waals surface area contributed by atoms with Crippen molar-refractivity contribution < 1.29 is 9.53 Å². The molecule has 3 rings (SSSR count). The lowest BCUT2D eigenvalue weighted by Gasteiger charge is -2.37. The minimum Gasteiger partial charge on any atom is -0.381 e. The summed E-state index contributed by atoms with van der Waals surface area (Å²) in [4.78, 5) is 16.5. The van der Waals surface area contributed by atoms with Gasteiger partial charge in [-0.25, -0.2) is 0 Å². The molecule has 2 fully saturated rings. The summed E-state index contributed by atoms with van der Waals surface area (Å²) in [7, 11) is 0. The number of hydrogen-bond acceptors (Lipinski definition) is 5. The molecule has 0 saturated carbocycles. The fourth-order valence-corrected chi connectivity index (χ4v) is 4.42. The van der Waals surface area contributed by atoms with Gasteiger partial charge < -0.3 is 15.8 Å². The van der Waals surface area contributed by atoms with E-state index in [9.17, 15) is 4.79 Å². The van der Waals surface area contributed by atoms with Crippen molar-refractivity contribution in [1.82, 2.24) is 10.2 Å². The lowest BCUT2D eigenvalue weighted by molar-refractivity contribution is -0.130. The molecule has 0 aliphatic carbocycles. The molecule has 2 aliphatic heterocycles.